The maximum atomic E-state index is 15.0. The Balaban J connectivity index is 1.54. The average molecular weight is 520 g/mol. The number of nitrogens with zero attached hydrogens (tertiary/aromatic N) is 2. The van der Waals surface area contributed by atoms with Gasteiger partial charge in [-0.1, -0.05) is 0 Å². The number of carbonyl (C=O) groups excluding carboxylic acids is 3. The van der Waals surface area contributed by atoms with Crippen LogP contribution >= 0.6 is 0 Å². The van der Waals surface area contributed by atoms with E-state index in [9.17, 15) is 23.2 Å². The van der Waals surface area contributed by atoms with Gasteiger partial charge in [0, 0.05) is 48.0 Å². The number of benzene rings is 2. The van der Waals surface area contributed by atoms with Gasteiger partial charge in [0.05, 0.1) is 6.20 Å². The molecule has 0 bridgehead atoms. The molecular formula is C27H23F2N5O4. The Labute approximate surface area is 216 Å². The molecule has 0 spiro atoms. The summed E-state index contributed by atoms with van der Waals surface area (Å²) in [5, 5.41) is 11.9. The van der Waals surface area contributed by atoms with Crippen LogP contribution < -0.4 is 20.7 Å². The van der Waals surface area contributed by atoms with Crippen LogP contribution in [0.5, 0.6) is 11.5 Å². The molecule has 38 heavy (non-hydrogen) atoms. The Kier molecular flexibility index (Phi) is 7.47. The second-order valence-corrected chi connectivity index (χ2v) is 8.19. The lowest BCUT2D eigenvalue weighted by Crippen LogP contribution is -2.29. The molecule has 9 nitrogen and oxygen atoms in total. The molecular weight excluding hydrogens is 496 g/mol. The van der Waals surface area contributed by atoms with E-state index < -0.39 is 23.4 Å². The monoisotopic (exact) mass is 519 g/mol. The van der Waals surface area contributed by atoms with Gasteiger partial charge in [0.2, 0.25) is 0 Å². The fourth-order valence-corrected chi connectivity index (χ4v) is 3.65. The highest BCUT2D eigenvalue weighted by Gasteiger charge is 2.22. The third-order valence-electron chi connectivity index (χ3n) is 5.61. The van der Waals surface area contributed by atoms with Crippen molar-refractivity contribution in [3.05, 3.63) is 95.5 Å². The number of allylic oxidation sites excluding steroid dienone is 1. The normalized spacial score (nSPS) is 11.5. The maximum Gasteiger partial charge on any atom is 0.263 e. The van der Waals surface area contributed by atoms with Gasteiger partial charge in [-0.15, -0.1) is 0 Å². The molecule has 0 atom stereocenters. The van der Waals surface area contributed by atoms with E-state index in [1.807, 2.05) is 0 Å². The highest BCUT2D eigenvalue weighted by molar-refractivity contribution is 6.26. The molecule has 0 unspecified atom stereocenters. The van der Waals surface area contributed by atoms with E-state index in [4.69, 9.17) is 4.74 Å². The smallest absolute Gasteiger partial charge is 0.263 e. The number of hydrogen-bond acceptors (Lipinski definition) is 6. The molecule has 0 saturated heterocycles. The van der Waals surface area contributed by atoms with Gasteiger partial charge in [0.15, 0.2) is 23.1 Å². The predicted molar refractivity (Wildman–Crippen MR) is 137 cm³/mol. The molecule has 2 heterocycles. The third-order valence-corrected chi connectivity index (χ3v) is 5.61. The first-order valence-electron chi connectivity index (χ1n) is 11.4. The van der Waals surface area contributed by atoms with Crippen LogP contribution in [0.15, 0.2) is 78.3 Å². The van der Waals surface area contributed by atoms with E-state index in [1.165, 1.54) is 74.1 Å². The van der Waals surface area contributed by atoms with Gasteiger partial charge in [0.25, 0.3) is 11.8 Å². The Bertz CT molecular complexity index is 1580. The number of anilines is 2. The summed E-state index contributed by atoms with van der Waals surface area (Å²) in [4.78, 5) is 37.8. The zero-order chi connectivity index (χ0) is 27.4. The number of nitrogens with one attached hydrogen (secondary N) is 3. The number of hydrogen-bond donors (Lipinski definition) is 3. The van der Waals surface area contributed by atoms with E-state index in [2.05, 4.69) is 21.0 Å². The first-order valence-corrected chi connectivity index (χ1v) is 11.4. The molecule has 0 fully saturated rings. The summed E-state index contributed by atoms with van der Waals surface area (Å²) in [6.07, 6.45) is 3.05. The summed E-state index contributed by atoms with van der Waals surface area (Å²) in [6.45, 7) is 2.94. The maximum absolute atomic E-state index is 15.0. The fraction of sp³-hybridized carbons (Fsp3) is 0.111. The van der Waals surface area contributed by atoms with E-state index in [0.29, 0.717) is 16.8 Å². The van der Waals surface area contributed by atoms with E-state index in [-0.39, 0.29) is 34.2 Å². The van der Waals surface area contributed by atoms with Crippen molar-refractivity contribution in [2.75, 3.05) is 17.7 Å². The molecule has 0 saturated carbocycles. The highest BCUT2D eigenvalue weighted by Crippen LogP contribution is 2.31. The van der Waals surface area contributed by atoms with Gasteiger partial charge in [-0.2, -0.15) is 5.10 Å². The van der Waals surface area contributed by atoms with Gasteiger partial charge >= 0.3 is 0 Å². The van der Waals surface area contributed by atoms with Crippen molar-refractivity contribution in [3.63, 3.8) is 0 Å². The molecule has 11 heteroatoms. The molecule has 0 aliphatic carbocycles. The Hall–Kier alpha value is -5.06. The number of Topliss-reactive ketones (excluding diaryl/α,β-unsaturated/α-hetero) is 1. The largest absolute Gasteiger partial charge is 0.452 e. The highest BCUT2D eigenvalue weighted by atomic mass is 19.1. The van der Waals surface area contributed by atoms with Crippen LogP contribution in [0.2, 0.25) is 0 Å². The van der Waals surface area contributed by atoms with Crippen molar-refractivity contribution < 1.29 is 27.9 Å². The number of halogens is 2. The van der Waals surface area contributed by atoms with Crippen LogP contribution in [0.4, 0.5) is 20.2 Å². The van der Waals surface area contributed by atoms with Crippen molar-refractivity contribution in [2.45, 2.75) is 13.8 Å². The van der Waals surface area contributed by atoms with Gasteiger partial charge in [0.1, 0.15) is 16.9 Å². The van der Waals surface area contributed by atoms with Crippen molar-refractivity contribution >= 4 is 34.5 Å². The molecule has 3 N–H and O–H groups in total. The third kappa shape index (κ3) is 5.51. The fourth-order valence-electron chi connectivity index (χ4n) is 3.65. The topological polar surface area (TPSA) is 114 Å². The van der Waals surface area contributed by atoms with Crippen LogP contribution in [-0.2, 0) is 9.59 Å². The lowest BCUT2D eigenvalue weighted by molar-refractivity contribution is -0.118. The molecule has 0 aliphatic rings. The van der Waals surface area contributed by atoms with Crippen molar-refractivity contribution in [1.29, 1.82) is 0 Å². The molecule has 0 aliphatic heterocycles. The number of ketones is 1. The quantitative estimate of drug-likeness (QED) is 0.135. The summed E-state index contributed by atoms with van der Waals surface area (Å²) >= 11 is 0. The number of aromatic nitrogens is 2. The second-order valence-electron chi connectivity index (χ2n) is 8.19. The predicted octanol–water partition coefficient (Wildman–Crippen LogP) is 4.68. The average Bonchev–Trinajstić information content (AvgIpc) is 3.32. The Morgan fingerprint density at radius 1 is 0.868 bits per heavy atom. The number of ether oxygens (including phenoxy) is 1. The Morgan fingerprint density at radius 2 is 1.53 bits per heavy atom. The molecule has 4 rings (SSSR count). The number of amides is 2. The van der Waals surface area contributed by atoms with Gasteiger partial charge < -0.3 is 20.7 Å². The van der Waals surface area contributed by atoms with Gasteiger partial charge in [-0.25, -0.2) is 13.3 Å². The molecule has 2 aromatic heterocycles. The summed E-state index contributed by atoms with van der Waals surface area (Å²) in [5.41, 5.74) is 1.14. The number of carbonyl (C=O) groups is 3. The van der Waals surface area contributed by atoms with Gasteiger partial charge in [-0.3, -0.25) is 14.4 Å². The molecule has 2 amide bonds. The van der Waals surface area contributed by atoms with E-state index in [0.717, 1.165) is 6.07 Å². The van der Waals surface area contributed by atoms with Gasteiger partial charge in [-0.05, 0) is 56.3 Å². The first-order chi connectivity index (χ1) is 18.2. The summed E-state index contributed by atoms with van der Waals surface area (Å²) < 4.78 is 35.3. The number of fused-ring (bicyclic) bond motifs is 1. The second kappa shape index (κ2) is 10.9. The van der Waals surface area contributed by atoms with E-state index >= 15 is 0 Å². The molecule has 0 radical (unpaired) electrons. The first kappa shape index (κ1) is 26.0. The minimum absolute atomic E-state index is 0.0721. The molecule has 194 valence electrons. The Morgan fingerprint density at radius 3 is 2.16 bits per heavy atom. The van der Waals surface area contributed by atoms with Crippen LogP contribution in [-0.4, -0.2) is 34.3 Å². The summed E-state index contributed by atoms with van der Waals surface area (Å²) in [7, 11) is 1.54. The van der Waals surface area contributed by atoms with Crippen molar-refractivity contribution in [2.24, 2.45) is 0 Å². The number of rotatable bonds is 8. The lowest BCUT2D eigenvalue weighted by Gasteiger charge is -2.14. The minimum atomic E-state index is -0.792. The van der Waals surface area contributed by atoms with Crippen LogP contribution in [0.25, 0.3) is 5.52 Å². The standard InChI is InChI=1S/C27H23F2N5O4/c1-15(30-3)24(26(36)32-18-6-4-17(28)5-7-18)27(37)33-19-8-9-22(21(29)14-19)38-23-10-12-31-34-13-11-20(16(2)35)25(23)34/h4-14,30H,1-3H3,(H,32,36)(H,33,37)/b24-15+. The van der Waals surface area contributed by atoms with E-state index in [1.54, 1.807) is 12.3 Å². The summed E-state index contributed by atoms with van der Waals surface area (Å²) in [5.74, 6) is -2.93. The van der Waals surface area contributed by atoms with Crippen LogP contribution in [0.1, 0.15) is 24.2 Å². The zero-order valence-corrected chi connectivity index (χ0v) is 20.6. The van der Waals surface area contributed by atoms with Crippen LogP contribution in [0.3, 0.4) is 0 Å². The van der Waals surface area contributed by atoms with Crippen molar-refractivity contribution in [3.8, 4) is 11.5 Å². The molecule has 2 aromatic carbocycles. The SMILES string of the molecule is CN/C(C)=C(\C(=O)Nc1ccc(F)cc1)C(=O)Nc1ccc(Oc2ccnn3ccc(C(C)=O)c23)c(F)c1. The summed E-state index contributed by atoms with van der Waals surface area (Å²) in [6, 6.07) is 11.9. The lowest BCUT2D eigenvalue weighted by atomic mass is 10.1. The zero-order valence-electron chi connectivity index (χ0n) is 20.6. The van der Waals surface area contributed by atoms with Crippen LogP contribution in [0, 0.1) is 11.6 Å². The molecule has 4 aromatic rings. The minimum Gasteiger partial charge on any atom is -0.452 e. The van der Waals surface area contributed by atoms with Crippen molar-refractivity contribution in [1.82, 2.24) is 14.9 Å².